The fourth-order valence-electron chi connectivity index (χ4n) is 2.49. The van der Waals surface area contributed by atoms with Gasteiger partial charge in [0.25, 0.3) is 0 Å². The smallest absolute Gasteiger partial charge is 0.203 e. The Balaban J connectivity index is 2.02. The van der Waals surface area contributed by atoms with Crippen molar-refractivity contribution in [2.75, 3.05) is 7.11 Å². The Labute approximate surface area is 126 Å². The van der Waals surface area contributed by atoms with E-state index in [4.69, 9.17) is 9.47 Å². The van der Waals surface area contributed by atoms with Crippen LogP contribution in [-0.4, -0.2) is 28.2 Å². The van der Waals surface area contributed by atoms with Crippen LogP contribution >= 0.6 is 0 Å². The molecule has 1 aliphatic heterocycles. The molecule has 1 unspecified atom stereocenters. The molecule has 2 aromatic rings. The second-order valence-corrected chi connectivity index (χ2v) is 4.99. The van der Waals surface area contributed by atoms with Crippen molar-refractivity contribution in [3.63, 3.8) is 0 Å². The minimum absolute atomic E-state index is 0.0383. The molecule has 0 bridgehead atoms. The molecule has 0 spiro atoms. The fourth-order valence-corrected chi connectivity index (χ4v) is 2.49. The van der Waals surface area contributed by atoms with E-state index in [2.05, 4.69) is 0 Å². The summed E-state index contributed by atoms with van der Waals surface area (Å²) >= 11 is 0. The first-order valence-electron chi connectivity index (χ1n) is 6.61. The number of Topliss-reactive ketones (excluding diaryl/α,β-unsaturated/α-hetero) is 1. The van der Waals surface area contributed by atoms with Gasteiger partial charge in [-0.3, -0.25) is 4.79 Å². The second kappa shape index (κ2) is 5.14. The number of carbonyl (C=O) groups is 1. The van der Waals surface area contributed by atoms with E-state index in [0.29, 0.717) is 5.56 Å². The molecule has 0 saturated heterocycles. The SMILES string of the molecule is COc1c(O)cc2c(c1O)CC(=O)C(c1ccc(O)cc1)O2. The molecule has 0 aromatic heterocycles. The molecule has 0 saturated carbocycles. The molecule has 2 aromatic carbocycles. The van der Waals surface area contributed by atoms with Crippen molar-refractivity contribution in [3.05, 3.63) is 41.5 Å². The normalized spacial score (nSPS) is 16.8. The average molecular weight is 302 g/mol. The van der Waals surface area contributed by atoms with Gasteiger partial charge in [0.2, 0.25) is 5.75 Å². The summed E-state index contributed by atoms with van der Waals surface area (Å²) in [6.07, 6.45) is -0.885. The maximum Gasteiger partial charge on any atom is 0.203 e. The molecule has 3 N–H and O–H groups in total. The summed E-state index contributed by atoms with van der Waals surface area (Å²) in [5.41, 5.74) is 0.873. The summed E-state index contributed by atoms with van der Waals surface area (Å²) in [7, 11) is 1.31. The van der Waals surface area contributed by atoms with E-state index in [9.17, 15) is 20.1 Å². The number of ketones is 1. The summed E-state index contributed by atoms with van der Waals surface area (Å²) in [4.78, 5) is 12.3. The first-order valence-corrected chi connectivity index (χ1v) is 6.61. The minimum Gasteiger partial charge on any atom is -0.508 e. The Morgan fingerprint density at radius 2 is 1.86 bits per heavy atom. The molecule has 6 heteroatoms. The van der Waals surface area contributed by atoms with Crippen LogP contribution in [0.3, 0.4) is 0 Å². The van der Waals surface area contributed by atoms with Crippen LogP contribution in [0.15, 0.2) is 30.3 Å². The first-order chi connectivity index (χ1) is 10.5. The molecule has 22 heavy (non-hydrogen) atoms. The van der Waals surface area contributed by atoms with Gasteiger partial charge in [0.15, 0.2) is 23.4 Å². The highest BCUT2D eigenvalue weighted by Crippen LogP contribution is 2.47. The summed E-state index contributed by atoms with van der Waals surface area (Å²) in [6, 6.07) is 7.42. The molecular formula is C16H14O6. The van der Waals surface area contributed by atoms with Gasteiger partial charge < -0.3 is 24.8 Å². The highest BCUT2D eigenvalue weighted by atomic mass is 16.5. The van der Waals surface area contributed by atoms with Crippen LogP contribution in [0.4, 0.5) is 0 Å². The topological polar surface area (TPSA) is 96.2 Å². The summed E-state index contributed by atoms with van der Waals surface area (Å²) < 4.78 is 10.5. The van der Waals surface area contributed by atoms with Crippen molar-refractivity contribution >= 4 is 5.78 Å². The highest BCUT2D eigenvalue weighted by Gasteiger charge is 2.33. The average Bonchev–Trinajstić information content (AvgIpc) is 2.49. The number of benzene rings is 2. The van der Waals surface area contributed by atoms with Crippen molar-refractivity contribution in [3.8, 4) is 28.7 Å². The maximum atomic E-state index is 12.3. The van der Waals surface area contributed by atoms with Crippen LogP contribution in [0.1, 0.15) is 17.2 Å². The number of aromatic hydroxyl groups is 3. The van der Waals surface area contributed by atoms with Gasteiger partial charge in [0, 0.05) is 23.6 Å². The van der Waals surface area contributed by atoms with Crippen molar-refractivity contribution < 1.29 is 29.6 Å². The number of carbonyl (C=O) groups excluding carboxylic acids is 1. The third kappa shape index (κ3) is 2.18. The van der Waals surface area contributed by atoms with E-state index >= 15 is 0 Å². The Kier molecular flexibility index (Phi) is 3.29. The monoisotopic (exact) mass is 302 g/mol. The van der Waals surface area contributed by atoms with E-state index in [1.807, 2.05) is 0 Å². The van der Waals surface area contributed by atoms with Crippen LogP contribution in [0, 0.1) is 0 Å². The van der Waals surface area contributed by atoms with Gasteiger partial charge in [-0.05, 0) is 12.1 Å². The van der Waals surface area contributed by atoms with Crippen molar-refractivity contribution in [2.24, 2.45) is 0 Å². The Hall–Kier alpha value is -2.89. The summed E-state index contributed by atoms with van der Waals surface area (Å²) in [5, 5.41) is 29.2. The number of hydrogen-bond acceptors (Lipinski definition) is 6. The largest absolute Gasteiger partial charge is 0.508 e. The van der Waals surface area contributed by atoms with Crippen LogP contribution in [0.2, 0.25) is 0 Å². The van der Waals surface area contributed by atoms with Crippen molar-refractivity contribution in [1.29, 1.82) is 0 Å². The van der Waals surface area contributed by atoms with Gasteiger partial charge in [0.05, 0.1) is 7.11 Å². The third-order valence-electron chi connectivity index (χ3n) is 3.59. The lowest BCUT2D eigenvalue weighted by molar-refractivity contribution is -0.126. The highest BCUT2D eigenvalue weighted by molar-refractivity contribution is 5.90. The van der Waals surface area contributed by atoms with Crippen LogP contribution in [0.25, 0.3) is 0 Å². The zero-order valence-corrected chi connectivity index (χ0v) is 11.7. The van der Waals surface area contributed by atoms with Gasteiger partial charge in [-0.2, -0.15) is 0 Å². The van der Waals surface area contributed by atoms with Crippen LogP contribution in [-0.2, 0) is 11.2 Å². The number of fused-ring (bicyclic) bond motifs is 1. The van der Waals surface area contributed by atoms with E-state index in [0.717, 1.165) is 0 Å². The molecule has 114 valence electrons. The lowest BCUT2D eigenvalue weighted by atomic mass is 9.95. The molecule has 6 nitrogen and oxygen atoms in total. The molecule has 0 fully saturated rings. The zero-order chi connectivity index (χ0) is 15.9. The van der Waals surface area contributed by atoms with Gasteiger partial charge >= 0.3 is 0 Å². The molecule has 3 rings (SSSR count). The van der Waals surface area contributed by atoms with E-state index < -0.39 is 6.10 Å². The lowest BCUT2D eigenvalue weighted by Gasteiger charge is -2.26. The Bertz CT molecular complexity index is 735. The Morgan fingerprint density at radius 1 is 1.18 bits per heavy atom. The summed E-state index contributed by atoms with van der Waals surface area (Å²) in [6.45, 7) is 0. The number of methoxy groups -OCH3 is 1. The predicted molar refractivity (Wildman–Crippen MR) is 76.5 cm³/mol. The fraction of sp³-hybridized carbons (Fsp3) is 0.188. The standard InChI is InChI=1S/C16H14O6/c1-21-16-12(19)7-13-10(14(16)20)6-11(18)15(22-13)8-2-4-9(17)5-3-8/h2-5,7,15,17,19-20H,6H2,1H3. The molecule has 0 radical (unpaired) electrons. The number of phenolic OH excluding ortho intramolecular Hbond substituents is 3. The van der Waals surface area contributed by atoms with Crippen LogP contribution in [0.5, 0.6) is 28.7 Å². The van der Waals surface area contributed by atoms with E-state index in [-0.39, 0.29) is 46.5 Å². The Morgan fingerprint density at radius 3 is 2.50 bits per heavy atom. The zero-order valence-electron chi connectivity index (χ0n) is 11.7. The van der Waals surface area contributed by atoms with Crippen LogP contribution < -0.4 is 9.47 Å². The first kappa shape index (κ1) is 14.1. The summed E-state index contributed by atoms with van der Waals surface area (Å²) in [5.74, 6) is -0.562. The number of ether oxygens (including phenoxy) is 2. The minimum atomic E-state index is -0.847. The second-order valence-electron chi connectivity index (χ2n) is 4.99. The number of phenols is 3. The van der Waals surface area contributed by atoms with E-state index in [1.165, 1.54) is 25.3 Å². The molecular weight excluding hydrogens is 288 g/mol. The quantitative estimate of drug-likeness (QED) is 0.786. The molecule has 0 aliphatic carbocycles. The molecule has 0 amide bonds. The van der Waals surface area contributed by atoms with E-state index in [1.54, 1.807) is 12.1 Å². The molecule has 1 atom stereocenters. The molecule has 1 heterocycles. The predicted octanol–water partition coefficient (Wildman–Crippen LogP) is 2.06. The lowest BCUT2D eigenvalue weighted by Crippen LogP contribution is -2.25. The van der Waals surface area contributed by atoms with Gasteiger partial charge in [0.1, 0.15) is 11.5 Å². The molecule has 1 aliphatic rings. The van der Waals surface area contributed by atoms with Gasteiger partial charge in [-0.1, -0.05) is 12.1 Å². The maximum absolute atomic E-state index is 12.3. The number of rotatable bonds is 2. The van der Waals surface area contributed by atoms with Gasteiger partial charge in [-0.15, -0.1) is 0 Å². The van der Waals surface area contributed by atoms with Crippen molar-refractivity contribution in [2.45, 2.75) is 12.5 Å². The van der Waals surface area contributed by atoms with Crippen molar-refractivity contribution in [1.82, 2.24) is 0 Å². The third-order valence-corrected chi connectivity index (χ3v) is 3.59. The van der Waals surface area contributed by atoms with Gasteiger partial charge in [-0.25, -0.2) is 0 Å². The number of hydrogen-bond donors (Lipinski definition) is 3.